The van der Waals surface area contributed by atoms with Crippen molar-refractivity contribution in [2.75, 3.05) is 0 Å². The zero-order chi connectivity index (χ0) is 22.3. The van der Waals surface area contributed by atoms with Crippen LogP contribution in [0.5, 0.6) is 5.75 Å². The van der Waals surface area contributed by atoms with Crippen LogP contribution in [0.1, 0.15) is 42.4 Å². The van der Waals surface area contributed by atoms with Crippen molar-refractivity contribution in [3.8, 4) is 16.9 Å². The van der Waals surface area contributed by atoms with Crippen molar-refractivity contribution in [2.24, 2.45) is 0 Å². The van der Waals surface area contributed by atoms with Crippen molar-refractivity contribution < 1.29 is 17.9 Å². The SMILES string of the molecule is FC(F)(F)c1ccc(Cl)cc1CNC1(c2cnccc2-c2ccccc2OC2CC2)CC1. The number of halogens is 4. The minimum Gasteiger partial charge on any atom is -0.490 e. The van der Waals surface area contributed by atoms with Crippen molar-refractivity contribution in [1.82, 2.24) is 10.3 Å². The molecule has 1 aromatic heterocycles. The number of para-hydroxylation sites is 1. The Kier molecular flexibility index (Phi) is 5.38. The van der Waals surface area contributed by atoms with Crippen LogP contribution in [0.4, 0.5) is 13.2 Å². The average molecular weight is 459 g/mol. The number of benzene rings is 2. The number of alkyl halides is 3. The summed E-state index contributed by atoms with van der Waals surface area (Å²) in [6.45, 7) is 0.0595. The molecule has 32 heavy (non-hydrogen) atoms. The fourth-order valence-corrected chi connectivity index (χ4v) is 4.28. The van der Waals surface area contributed by atoms with E-state index in [1.807, 2.05) is 36.5 Å². The predicted octanol–water partition coefficient (Wildman–Crippen LogP) is 6.74. The summed E-state index contributed by atoms with van der Waals surface area (Å²) in [4.78, 5) is 4.32. The van der Waals surface area contributed by atoms with Gasteiger partial charge in [-0.2, -0.15) is 13.2 Å². The first kappa shape index (κ1) is 21.3. The van der Waals surface area contributed by atoms with Crippen LogP contribution >= 0.6 is 11.6 Å². The first-order valence-corrected chi connectivity index (χ1v) is 11.0. The lowest BCUT2D eigenvalue weighted by Gasteiger charge is -2.23. The second-order valence-corrected chi connectivity index (χ2v) is 8.91. The average Bonchev–Trinajstić information content (AvgIpc) is 3.69. The van der Waals surface area contributed by atoms with E-state index < -0.39 is 17.3 Å². The highest BCUT2D eigenvalue weighted by molar-refractivity contribution is 6.30. The Hall–Kier alpha value is -2.57. The molecule has 0 saturated heterocycles. The molecule has 0 bridgehead atoms. The minimum atomic E-state index is -4.43. The van der Waals surface area contributed by atoms with Crippen LogP contribution in [0.25, 0.3) is 11.1 Å². The number of nitrogens with one attached hydrogen (secondary N) is 1. The van der Waals surface area contributed by atoms with Gasteiger partial charge in [0.25, 0.3) is 0 Å². The molecule has 3 aromatic rings. The van der Waals surface area contributed by atoms with Crippen molar-refractivity contribution >= 4 is 11.6 Å². The number of hydrogen-bond acceptors (Lipinski definition) is 3. The zero-order valence-corrected chi connectivity index (χ0v) is 18.0. The first-order chi connectivity index (χ1) is 15.4. The molecule has 7 heteroatoms. The maximum atomic E-state index is 13.5. The van der Waals surface area contributed by atoms with Gasteiger partial charge in [0, 0.05) is 35.1 Å². The molecule has 3 nitrogen and oxygen atoms in total. The Morgan fingerprint density at radius 3 is 2.56 bits per heavy atom. The van der Waals surface area contributed by atoms with Gasteiger partial charge in [0.1, 0.15) is 5.75 Å². The molecule has 2 saturated carbocycles. The van der Waals surface area contributed by atoms with Gasteiger partial charge >= 0.3 is 6.18 Å². The van der Waals surface area contributed by atoms with Crippen molar-refractivity contribution in [2.45, 2.75) is 50.0 Å². The zero-order valence-electron chi connectivity index (χ0n) is 17.3. The molecule has 1 N–H and O–H groups in total. The van der Waals surface area contributed by atoms with Gasteiger partial charge in [0.05, 0.1) is 11.7 Å². The molecular weight excluding hydrogens is 437 g/mol. The Labute approximate surface area is 189 Å². The molecule has 0 amide bonds. The van der Waals surface area contributed by atoms with Crippen molar-refractivity contribution in [1.29, 1.82) is 0 Å². The Morgan fingerprint density at radius 1 is 1.06 bits per heavy atom. The Balaban J connectivity index is 1.46. The molecular formula is C25H22ClF3N2O. The van der Waals surface area contributed by atoms with Crippen LogP contribution in [0, 0.1) is 0 Å². The van der Waals surface area contributed by atoms with Crippen molar-refractivity contribution in [3.63, 3.8) is 0 Å². The van der Waals surface area contributed by atoms with E-state index in [0.29, 0.717) is 0 Å². The predicted molar refractivity (Wildman–Crippen MR) is 118 cm³/mol. The lowest BCUT2D eigenvalue weighted by Crippen LogP contribution is -2.30. The van der Waals surface area contributed by atoms with Crippen LogP contribution in [0.2, 0.25) is 5.02 Å². The van der Waals surface area contributed by atoms with E-state index in [1.165, 1.54) is 12.1 Å². The standard InChI is InChI=1S/C25H22ClF3N2O/c26-17-5-8-21(25(27,28)29)16(13-17)14-31-24(10-11-24)22-15-30-12-9-19(22)20-3-1-2-4-23(20)32-18-6-7-18/h1-5,8-9,12-13,15,18,31H,6-7,10-11,14H2. The maximum Gasteiger partial charge on any atom is 0.416 e. The monoisotopic (exact) mass is 458 g/mol. The van der Waals surface area contributed by atoms with E-state index in [0.717, 1.165) is 54.2 Å². The molecule has 0 radical (unpaired) electrons. The quantitative estimate of drug-likeness (QED) is 0.425. The number of nitrogens with zero attached hydrogens (tertiary/aromatic N) is 1. The van der Waals surface area contributed by atoms with Gasteiger partial charge in [-0.25, -0.2) is 0 Å². The van der Waals surface area contributed by atoms with E-state index in [4.69, 9.17) is 16.3 Å². The molecule has 1 heterocycles. The van der Waals surface area contributed by atoms with E-state index >= 15 is 0 Å². The fraction of sp³-hybridized carbons (Fsp3) is 0.320. The molecule has 2 aromatic carbocycles. The molecule has 5 rings (SSSR count). The van der Waals surface area contributed by atoms with Gasteiger partial charge < -0.3 is 10.1 Å². The van der Waals surface area contributed by atoms with Crippen molar-refractivity contribution in [3.05, 3.63) is 82.6 Å². The minimum absolute atomic E-state index is 0.0595. The normalized spacial score (nSPS) is 17.2. The number of hydrogen-bond donors (Lipinski definition) is 1. The van der Waals surface area contributed by atoms with Crippen LogP contribution in [-0.2, 0) is 18.3 Å². The van der Waals surface area contributed by atoms with Gasteiger partial charge in [-0.15, -0.1) is 0 Å². The molecule has 2 fully saturated rings. The summed E-state index contributed by atoms with van der Waals surface area (Å²) < 4.78 is 46.6. The molecule has 0 unspecified atom stereocenters. The topological polar surface area (TPSA) is 34.2 Å². The Bertz CT molecular complexity index is 1140. The second kappa shape index (κ2) is 8.09. The summed E-state index contributed by atoms with van der Waals surface area (Å²) >= 11 is 6.00. The van der Waals surface area contributed by atoms with Crippen LogP contribution in [-0.4, -0.2) is 11.1 Å². The van der Waals surface area contributed by atoms with E-state index in [9.17, 15) is 13.2 Å². The number of aromatic nitrogens is 1. The largest absolute Gasteiger partial charge is 0.490 e. The maximum absolute atomic E-state index is 13.5. The number of ether oxygens (including phenoxy) is 1. The second-order valence-electron chi connectivity index (χ2n) is 8.47. The number of pyridine rings is 1. The van der Waals surface area contributed by atoms with Gasteiger partial charge in [-0.3, -0.25) is 4.98 Å². The van der Waals surface area contributed by atoms with Gasteiger partial charge in [0.2, 0.25) is 0 Å². The van der Waals surface area contributed by atoms with Gasteiger partial charge in [-0.05, 0) is 72.7 Å². The van der Waals surface area contributed by atoms with E-state index in [-0.39, 0.29) is 23.2 Å². The highest BCUT2D eigenvalue weighted by Crippen LogP contribution is 2.50. The lowest BCUT2D eigenvalue weighted by atomic mass is 9.94. The Morgan fingerprint density at radius 2 is 1.84 bits per heavy atom. The summed E-state index contributed by atoms with van der Waals surface area (Å²) in [7, 11) is 0. The number of rotatable bonds is 7. The van der Waals surface area contributed by atoms with Gasteiger partial charge in [0.15, 0.2) is 0 Å². The van der Waals surface area contributed by atoms with E-state index in [1.54, 1.807) is 6.20 Å². The molecule has 2 aliphatic carbocycles. The highest BCUT2D eigenvalue weighted by Gasteiger charge is 2.46. The van der Waals surface area contributed by atoms with E-state index in [2.05, 4.69) is 10.3 Å². The smallest absolute Gasteiger partial charge is 0.416 e. The summed E-state index contributed by atoms with van der Waals surface area (Å²) in [5.74, 6) is 0.826. The highest BCUT2D eigenvalue weighted by atomic mass is 35.5. The summed E-state index contributed by atoms with van der Waals surface area (Å²) in [6, 6.07) is 13.6. The van der Waals surface area contributed by atoms with Crippen LogP contribution in [0.3, 0.4) is 0 Å². The summed E-state index contributed by atoms with van der Waals surface area (Å²) in [6.07, 6.45) is 3.13. The molecule has 0 spiro atoms. The molecule has 2 aliphatic rings. The van der Waals surface area contributed by atoms with Gasteiger partial charge in [-0.1, -0.05) is 29.8 Å². The molecule has 0 atom stereocenters. The lowest BCUT2D eigenvalue weighted by molar-refractivity contribution is -0.138. The summed E-state index contributed by atoms with van der Waals surface area (Å²) in [5.41, 5.74) is 1.98. The third-order valence-corrected chi connectivity index (χ3v) is 6.31. The van der Waals surface area contributed by atoms with Crippen LogP contribution in [0.15, 0.2) is 60.9 Å². The van der Waals surface area contributed by atoms with Crippen LogP contribution < -0.4 is 10.1 Å². The first-order valence-electron chi connectivity index (χ1n) is 10.7. The third kappa shape index (κ3) is 4.34. The molecule has 166 valence electrons. The third-order valence-electron chi connectivity index (χ3n) is 6.07. The summed E-state index contributed by atoms with van der Waals surface area (Å²) in [5, 5.41) is 3.67. The fourth-order valence-electron chi connectivity index (χ4n) is 4.08. The molecule has 0 aliphatic heterocycles.